The molecule has 452 valence electrons. The van der Waals surface area contributed by atoms with E-state index in [-0.39, 0.29) is 153 Å². The minimum Gasteiger partial charge on any atom is -0.481 e. The lowest BCUT2D eigenvalue weighted by Crippen LogP contribution is -2.44. The van der Waals surface area contributed by atoms with Gasteiger partial charge in [0.1, 0.15) is 36.9 Å². The van der Waals surface area contributed by atoms with Crippen LogP contribution in [0.4, 0.5) is 0 Å². The molecule has 26 nitrogen and oxygen atoms in total. The van der Waals surface area contributed by atoms with E-state index in [1.165, 1.54) is 11.8 Å². The summed E-state index contributed by atoms with van der Waals surface area (Å²) in [5.41, 5.74) is 0. The zero-order valence-corrected chi connectivity index (χ0v) is 46.4. The number of nitrogens with one attached hydrogen (secondary N) is 4. The summed E-state index contributed by atoms with van der Waals surface area (Å²) in [7, 11) is 0. The van der Waals surface area contributed by atoms with E-state index in [1.54, 1.807) is 6.92 Å². The Morgan fingerprint density at radius 3 is 1.44 bits per heavy atom. The van der Waals surface area contributed by atoms with Crippen molar-refractivity contribution in [3.63, 3.8) is 0 Å². The molecule has 4 amide bonds. The molecule has 0 fully saturated rings. The van der Waals surface area contributed by atoms with Crippen molar-refractivity contribution in [2.24, 2.45) is 17.8 Å². The quantitative estimate of drug-likeness (QED) is 0.0390. The normalized spacial score (nSPS) is 13.0. The highest BCUT2D eigenvalue weighted by Gasteiger charge is 2.26. The number of aliphatic carboxylic acids is 5. The summed E-state index contributed by atoms with van der Waals surface area (Å²) in [6.07, 6.45) is 7.29. The highest BCUT2D eigenvalue weighted by atomic mass is 32.2. The van der Waals surface area contributed by atoms with Gasteiger partial charge in [-0.05, 0) is 38.5 Å². The average Bonchev–Trinajstić information content (AvgIpc) is 3.38. The van der Waals surface area contributed by atoms with E-state index in [0.29, 0.717) is 37.9 Å². The van der Waals surface area contributed by atoms with E-state index in [1.807, 2.05) is 0 Å². The fraction of sp³-hybridized carbons (Fsp3) is 0.769. The summed E-state index contributed by atoms with van der Waals surface area (Å²) in [5.74, 6) is -10.8. The van der Waals surface area contributed by atoms with Crippen LogP contribution in [0.1, 0.15) is 142 Å². The van der Waals surface area contributed by atoms with Crippen LogP contribution in [0.5, 0.6) is 0 Å². The monoisotopic (exact) mass is 1150 g/mol. The minimum absolute atomic E-state index is 0.0282. The molecule has 0 aliphatic carbocycles. The topological polar surface area (TPSA) is 411 Å². The number of hydrogen-bond acceptors (Lipinski definition) is 18. The number of carbonyl (C=O) groups excluding carboxylic acids is 7. The molecule has 5 atom stereocenters. The first-order valence-corrected chi connectivity index (χ1v) is 28.1. The van der Waals surface area contributed by atoms with Crippen molar-refractivity contribution in [3.8, 4) is 0 Å². The number of rotatable bonds is 55. The molecule has 10 N–H and O–H groups in total. The number of carbonyl (C=O) groups is 12. The lowest BCUT2D eigenvalue weighted by molar-refractivity contribution is -0.145. The van der Waals surface area contributed by atoms with Crippen molar-refractivity contribution in [2.75, 3.05) is 84.1 Å². The Hall–Kier alpha value is -5.61. The first kappa shape index (κ1) is 73.4. The maximum absolute atomic E-state index is 12.5. The van der Waals surface area contributed by atoms with Gasteiger partial charge in [0.2, 0.25) is 23.6 Å². The fourth-order valence-corrected chi connectivity index (χ4v) is 8.43. The maximum Gasteiger partial charge on any atom is 0.326 e. The van der Waals surface area contributed by atoms with Gasteiger partial charge in [-0.2, -0.15) is 11.8 Å². The molecule has 1 unspecified atom stereocenters. The number of hydrogen-bond donors (Lipinski definition) is 10. The zero-order chi connectivity index (χ0) is 59.2. The third kappa shape index (κ3) is 42.9. The first-order chi connectivity index (χ1) is 37.7. The van der Waals surface area contributed by atoms with Gasteiger partial charge in [-0.1, -0.05) is 58.3 Å². The smallest absolute Gasteiger partial charge is 0.326 e. The summed E-state index contributed by atoms with van der Waals surface area (Å²) < 4.78 is 21.3. The van der Waals surface area contributed by atoms with Crippen molar-refractivity contribution in [2.45, 2.75) is 154 Å². The summed E-state index contributed by atoms with van der Waals surface area (Å²) >= 11 is 1.27. The van der Waals surface area contributed by atoms with Gasteiger partial charge in [0, 0.05) is 69.7 Å². The SMILES string of the molecule is C[C@@H](CSCC(=O)CCCCCC(CC(=O)COCCOCCNC(=O)COCCOCCNC(=O)CC[C@@H](NC(=O)CC[C@H](NC(=O)CCCCCCCCCCC(=O)O)C(=O)O)C(=O)O)C(=O)O)C(=O)C[C@@H](CO)C(=O)O. The number of ether oxygens (including phenoxy) is 4. The zero-order valence-electron chi connectivity index (χ0n) is 45.6. The molecule has 0 spiro atoms. The predicted molar refractivity (Wildman–Crippen MR) is 284 cm³/mol. The maximum atomic E-state index is 12.5. The van der Waals surface area contributed by atoms with Gasteiger partial charge in [0.25, 0.3) is 0 Å². The molecule has 0 heterocycles. The molecule has 0 aromatic carbocycles. The lowest BCUT2D eigenvalue weighted by Gasteiger charge is -2.17. The van der Waals surface area contributed by atoms with Gasteiger partial charge < -0.3 is 70.9 Å². The van der Waals surface area contributed by atoms with Crippen LogP contribution in [-0.2, 0) is 76.5 Å². The molecule has 0 aromatic rings. The summed E-state index contributed by atoms with van der Waals surface area (Å²) in [4.78, 5) is 143. The molecule has 27 heteroatoms. The molecular formula is C52H86N4O22S. The summed E-state index contributed by atoms with van der Waals surface area (Å²) in [6, 6.07) is -2.78. The second kappa shape index (κ2) is 47.2. The van der Waals surface area contributed by atoms with Gasteiger partial charge >= 0.3 is 29.8 Å². The summed E-state index contributed by atoms with van der Waals surface area (Å²) in [6.45, 7) is 1.25. The second-order valence-electron chi connectivity index (χ2n) is 19.0. The van der Waals surface area contributed by atoms with E-state index in [9.17, 15) is 72.9 Å². The molecule has 0 aromatic heterocycles. The number of aliphatic hydroxyl groups is 1. The largest absolute Gasteiger partial charge is 0.481 e. The molecular weight excluding hydrogens is 1060 g/mol. The van der Waals surface area contributed by atoms with E-state index >= 15 is 0 Å². The molecule has 79 heavy (non-hydrogen) atoms. The van der Waals surface area contributed by atoms with Gasteiger partial charge in [-0.3, -0.25) is 47.9 Å². The Bertz CT molecular complexity index is 1870. The van der Waals surface area contributed by atoms with Crippen LogP contribution in [0, 0.1) is 17.8 Å². The van der Waals surface area contributed by atoms with Crippen LogP contribution in [0.25, 0.3) is 0 Å². The number of ketones is 3. The molecule has 0 rings (SSSR count). The molecule has 0 radical (unpaired) electrons. The number of carboxylic acids is 5. The van der Waals surface area contributed by atoms with Crippen molar-refractivity contribution in [1.29, 1.82) is 0 Å². The molecule has 0 bridgehead atoms. The van der Waals surface area contributed by atoms with Crippen LogP contribution in [0.2, 0.25) is 0 Å². The van der Waals surface area contributed by atoms with Crippen LogP contribution in [0.3, 0.4) is 0 Å². The Kier molecular flexibility index (Phi) is 43.9. The van der Waals surface area contributed by atoms with E-state index in [0.717, 1.165) is 38.5 Å². The molecule has 0 aliphatic rings. The Balaban J connectivity index is 4.03. The van der Waals surface area contributed by atoms with E-state index in [2.05, 4.69) is 21.3 Å². The van der Waals surface area contributed by atoms with E-state index in [4.69, 9.17) is 34.3 Å². The first-order valence-electron chi connectivity index (χ1n) is 27.0. The highest BCUT2D eigenvalue weighted by Crippen LogP contribution is 2.18. The Labute approximate surface area is 465 Å². The van der Waals surface area contributed by atoms with Crippen LogP contribution < -0.4 is 21.3 Å². The lowest BCUT2D eigenvalue weighted by atomic mass is 9.95. The molecule has 0 saturated carbocycles. The predicted octanol–water partition coefficient (Wildman–Crippen LogP) is 2.17. The standard InChI is InChI=1S/C52H86N4O22S/c1-36(43(60)30-38(31-57)50(69)70)34-79-35-39(58)14-10-8-9-13-37(49(67)68)29-40(59)32-77-27-25-76-24-22-54-47(64)33-78-28-26-75-23-21-53-44(61)19-17-41(51(71)72)56-46(63)20-18-42(52(73)74)55-45(62)15-11-6-4-2-3-5-7-12-16-48(65)66/h36-38,41-42,57H,2-35H2,1H3,(H,53,61)(H,54,64)(H,55,62)(H,56,63)(H,65,66)(H,67,68)(H,69,70)(H,71,72)(H,73,74)/t36-,37?,38-,41+,42-/m0/s1. The number of thioether (sulfide) groups is 1. The Morgan fingerprint density at radius 1 is 0.443 bits per heavy atom. The van der Waals surface area contributed by atoms with Crippen molar-refractivity contribution >= 4 is 82.6 Å². The molecule has 0 aliphatic heterocycles. The number of unbranched alkanes of at least 4 members (excludes halogenated alkanes) is 9. The highest BCUT2D eigenvalue weighted by molar-refractivity contribution is 7.99. The second-order valence-corrected chi connectivity index (χ2v) is 20.0. The van der Waals surface area contributed by atoms with Gasteiger partial charge in [0.05, 0.1) is 63.8 Å². The van der Waals surface area contributed by atoms with Gasteiger partial charge in [0.15, 0.2) is 5.78 Å². The summed E-state index contributed by atoms with van der Waals surface area (Å²) in [5, 5.41) is 65.3. The number of amides is 4. The third-order valence-corrected chi connectivity index (χ3v) is 13.3. The molecule has 0 saturated heterocycles. The Morgan fingerprint density at radius 2 is 0.911 bits per heavy atom. The number of Topliss-reactive ketones (excluding diaryl/α,β-unsaturated/α-hetero) is 3. The van der Waals surface area contributed by atoms with Crippen molar-refractivity contribution < 1.29 is 107 Å². The number of aliphatic hydroxyl groups excluding tert-OH is 1. The van der Waals surface area contributed by atoms with Crippen LogP contribution >= 0.6 is 11.8 Å². The van der Waals surface area contributed by atoms with Crippen LogP contribution in [0.15, 0.2) is 0 Å². The van der Waals surface area contributed by atoms with Crippen molar-refractivity contribution in [1.82, 2.24) is 21.3 Å². The van der Waals surface area contributed by atoms with Gasteiger partial charge in [-0.25, -0.2) is 9.59 Å². The van der Waals surface area contributed by atoms with Gasteiger partial charge in [-0.15, -0.1) is 0 Å². The fourth-order valence-electron chi connectivity index (χ4n) is 7.40. The third-order valence-electron chi connectivity index (χ3n) is 12.0. The minimum atomic E-state index is -1.43. The average molecular weight is 1150 g/mol. The van der Waals surface area contributed by atoms with E-state index < -0.39 is 89.9 Å². The van der Waals surface area contributed by atoms with Crippen LogP contribution in [-0.4, -0.2) is 198 Å². The van der Waals surface area contributed by atoms with Crippen molar-refractivity contribution in [3.05, 3.63) is 0 Å². The number of carboxylic acid groups (broad SMARTS) is 5.